The first-order chi connectivity index (χ1) is 10.3. The maximum Gasteiger partial charge on any atom is 0.161 e. The van der Waals surface area contributed by atoms with Gasteiger partial charge in [0.05, 0.1) is 17.0 Å². The number of hydrogen-bond donors (Lipinski definition) is 1. The van der Waals surface area contributed by atoms with E-state index in [4.69, 9.17) is 9.47 Å². The molecule has 0 radical (unpaired) electrons. The van der Waals surface area contributed by atoms with Crippen molar-refractivity contribution in [3.63, 3.8) is 0 Å². The molecule has 0 bridgehead atoms. The predicted molar refractivity (Wildman–Crippen MR) is 89.5 cm³/mol. The number of thiophene rings is 1. The second kappa shape index (κ2) is 7.29. The van der Waals surface area contributed by atoms with Crippen molar-refractivity contribution in [3.05, 3.63) is 44.6 Å². The molecule has 2 heterocycles. The fraction of sp³-hybridized carbons (Fsp3) is 0.375. The third-order valence-electron chi connectivity index (χ3n) is 3.32. The summed E-state index contributed by atoms with van der Waals surface area (Å²) < 4.78 is 12.5. The topological polar surface area (TPSA) is 30.5 Å². The lowest BCUT2D eigenvalue weighted by atomic mass is 10.2. The summed E-state index contributed by atoms with van der Waals surface area (Å²) in [6, 6.07) is 10.5. The molecule has 3 rings (SSSR count). The zero-order valence-corrected chi connectivity index (χ0v) is 14.1. The second-order valence-corrected chi connectivity index (χ2v) is 7.51. The average molecular weight is 368 g/mol. The van der Waals surface area contributed by atoms with Gasteiger partial charge in [0, 0.05) is 24.4 Å². The molecule has 1 aromatic heterocycles. The Morgan fingerprint density at radius 2 is 1.95 bits per heavy atom. The number of halogens is 1. The summed E-state index contributed by atoms with van der Waals surface area (Å²) in [7, 11) is 0. The van der Waals surface area contributed by atoms with Crippen LogP contribution in [0.4, 0.5) is 0 Å². The molecule has 5 heteroatoms. The zero-order valence-electron chi connectivity index (χ0n) is 11.7. The summed E-state index contributed by atoms with van der Waals surface area (Å²) in [5, 5.41) is 3.48. The molecule has 0 saturated heterocycles. The van der Waals surface area contributed by atoms with Gasteiger partial charge in [-0.1, -0.05) is 6.07 Å². The summed E-state index contributed by atoms with van der Waals surface area (Å²) in [5.74, 6) is 1.73. The van der Waals surface area contributed by atoms with Crippen LogP contribution in [0.25, 0.3) is 0 Å². The summed E-state index contributed by atoms with van der Waals surface area (Å²) in [5.41, 5.74) is 1.23. The van der Waals surface area contributed by atoms with Gasteiger partial charge in [0.25, 0.3) is 0 Å². The van der Waals surface area contributed by atoms with E-state index in [1.807, 2.05) is 6.07 Å². The van der Waals surface area contributed by atoms with Crippen molar-refractivity contribution in [2.75, 3.05) is 19.8 Å². The van der Waals surface area contributed by atoms with E-state index in [1.165, 1.54) is 14.2 Å². The van der Waals surface area contributed by atoms with Crippen LogP contribution in [-0.2, 0) is 13.0 Å². The van der Waals surface area contributed by atoms with Crippen LogP contribution in [0.3, 0.4) is 0 Å². The summed E-state index contributed by atoms with van der Waals surface area (Å²) in [6.07, 6.45) is 2.00. The van der Waals surface area contributed by atoms with Crippen LogP contribution in [0.5, 0.6) is 11.5 Å². The van der Waals surface area contributed by atoms with Crippen LogP contribution in [-0.4, -0.2) is 19.8 Å². The van der Waals surface area contributed by atoms with Crippen molar-refractivity contribution in [3.8, 4) is 11.5 Å². The Kier molecular flexibility index (Phi) is 5.17. The van der Waals surface area contributed by atoms with Gasteiger partial charge in [-0.2, -0.15) is 0 Å². The van der Waals surface area contributed by atoms with Gasteiger partial charge < -0.3 is 14.8 Å². The molecule has 21 heavy (non-hydrogen) atoms. The van der Waals surface area contributed by atoms with Gasteiger partial charge in [-0.3, -0.25) is 0 Å². The number of rotatable bonds is 5. The minimum absolute atomic E-state index is 0.733. The van der Waals surface area contributed by atoms with E-state index >= 15 is 0 Å². The van der Waals surface area contributed by atoms with Gasteiger partial charge in [0.15, 0.2) is 11.5 Å². The SMILES string of the molecule is Brc1ccc(CCNCc2ccc3c(c2)OCCCO3)s1. The van der Waals surface area contributed by atoms with Gasteiger partial charge in [-0.05, 0) is 52.2 Å². The number of ether oxygens (including phenoxy) is 2. The fourth-order valence-corrected chi connectivity index (χ4v) is 3.73. The van der Waals surface area contributed by atoms with Crippen LogP contribution < -0.4 is 14.8 Å². The van der Waals surface area contributed by atoms with Crippen molar-refractivity contribution in [1.82, 2.24) is 5.32 Å². The molecule has 2 aromatic rings. The first kappa shape index (κ1) is 14.9. The number of benzene rings is 1. The standard InChI is InChI=1S/C16H18BrNO2S/c17-16-5-3-13(21-16)6-7-18-11-12-2-4-14-15(10-12)20-9-1-8-19-14/h2-5,10,18H,1,6-9,11H2. The van der Waals surface area contributed by atoms with E-state index in [0.29, 0.717) is 0 Å². The lowest BCUT2D eigenvalue weighted by Crippen LogP contribution is -2.16. The Morgan fingerprint density at radius 3 is 2.76 bits per heavy atom. The quantitative estimate of drug-likeness (QED) is 0.810. The Balaban J connectivity index is 1.50. The summed E-state index contributed by atoms with van der Waals surface area (Å²) in [6.45, 7) is 3.29. The van der Waals surface area contributed by atoms with Crippen LogP contribution in [0.2, 0.25) is 0 Å². The molecule has 0 atom stereocenters. The highest BCUT2D eigenvalue weighted by atomic mass is 79.9. The number of nitrogens with one attached hydrogen (secondary N) is 1. The lowest BCUT2D eigenvalue weighted by Gasteiger charge is -2.10. The molecule has 0 aliphatic carbocycles. The van der Waals surface area contributed by atoms with Crippen LogP contribution >= 0.6 is 27.3 Å². The van der Waals surface area contributed by atoms with Crippen molar-refractivity contribution < 1.29 is 9.47 Å². The van der Waals surface area contributed by atoms with Gasteiger partial charge in [-0.25, -0.2) is 0 Å². The zero-order chi connectivity index (χ0) is 14.5. The molecule has 0 amide bonds. The summed E-state index contributed by atoms with van der Waals surface area (Å²) >= 11 is 5.29. The minimum atomic E-state index is 0.733. The first-order valence-corrected chi connectivity index (χ1v) is 8.76. The average Bonchev–Trinajstić information content (AvgIpc) is 2.76. The van der Waals surface area contributed by atoms with Crippen molar-refractivity contribution >= 4 is 27.3 Å². The number of fused-ring (bicyclic) bond motifs is 1. The highest BCUT2D eigenvalue weighted by Gasteiger charge is 2.10. The number of hydrogen-bond acceptors (Lipinski definition) is 4. The van der Waals surface area contributed by atoms with Crippen LogP contribution in [0, 0.1) is 0 Å². The van der Waals surface area contributed by atoms with Gasteiger partial charge in [0.2, 0.25) is 0 Å². The molecule has 1 N–H and O–H groups in total. The molecule has 1 aliphatic heterocycles. The van der Waals surface area contributed by atoms with E-state index in [1.54, 1.807) is 11.3 Å². The van der Waals surface area contributed by atoms with Gasteiger partial charge >= 0.3 is 0 Å². The third kappa shape index (κ3) is 4.22. The molecular weight excluding hydrogens is 350 g/mol. The minimum Gasteiger partial charge on any atom is -0.490 e. The molecular formula is C16H18BrNO2S. The molecule has 1 aromatic carbocycles. The Morgan fingerprint density at radius 1 is 1.10 bits per heavy atom. The van der Waals surface area contributed by atoms with E-state index in [2.05, 4.69) is 45.5 Å². The molecule has 0 spiro atoms. The third-order valence-corrected chi connectivity index (χ3v) is 5.00. The molecule has 0 saturated carbocycles. The molecule has 1 aliphatic rings. The summed E-state index contributed by atoms with van der Waals surface area (Å²) in [4.78, 5) is 1.40. The monoisotopic (exact) mass is 367 g/mol. The van der Waals surface area contributed by atoms with Gasteiger partial charge in [-0.15, -0.1) is 11.3 Å². The Labute approximate surface area is 137 Å². The molecule has 0 fully saturated rings. The fourth-order valence-electron chi connectivity index (χ4n) is 2.25. The Hall–Kier alpha value is -1.04. The normalized spacial score (nSPS) is 14.0. The van der Waals surface area contributed by atoms with Crippen molar-refractivity contribution in [1.29, 1.82) is 0 Å². The van der Waals surface area contributed by atoms with Crippen LogP contribution in [0.15, 0.2) is 34.1 Å². The maximum absolute atomic E-state index is 5.71. The van der Waals surface area contributed by atoms with Crippen molar-refractivity contribution in [2.45, 2.75) is 19.4 Å². The van der Waals surface area contributed by atoms with E-state index in [9.17, 15) is 0 Å². The lowest BCUT2D eigenvalue weighted by molar-refractivity contribution is 0.297. The molecule has 3 nitrogen and oxygen atoms in total. The van der Waals surface area contributed by atoms with E-state index in [0.717, 1.165) is 50.6 Å². The highest BCUT2D eigenvalue weighted by Crippen LogP contribution is 2.30. The van der Waals surface area contributed by atoms with Gasteiger partial charge in [0.1, 0.15) is 0 Å². The smallest absolute Gasteiger partial charge is 0.161 e. The molecule has 0 unspecified atom stereocenters. The van der Waals surface area contributed by atoms with E-state index in [-0.39, 0.29) is 0 Å². The van der Waals surface area contributed by atoms with Crippen molar-refractivity contribution in [2.24, 2.45) is 0 Å². The predicted octanol–water partition coefficient (Wildman–Crippen LogP) is 4.00. The maximum atomic E-state index is 5.71. The van der Waals surface area contributed by atoms with E-state index < -0.39 is 0 Å². The Bertz CT molecular complexity index is 600. The largest absolute Gasteiger partial charge is 0.490 e. The first-order valence-electron chi connectivity index (χ1n) is 7.15. The van der Waals surface area contributed by atoms with Crippen LogP contribution in [0.1, 0.15) is 16.9 Å². The highest BCUT2D eigenvalue weighted by molar-refractivity contribution is 9.11. The molecule has 112 valence electrons. The second-order valence-electron chi connectivity index (χ2n) is 4.96.